The molecule has 0 heterocycles. The fourth-order valence-electron chi connectivity index (χ4n) is 3.53. The maximum atomic E-state index is 6.88. The molecule has 0 amide bonds. The zero-order valence-corrected chi connectivity index (χ0v) is 13.3. The van der Waals surface area contributed by atoms with E-state index in [1.165, 1.54) is 22.3 Å². The summed E-state index contributed by atoms with van der Waals surface area (Å²) in [6, 6.07) is 17.6. The third-order valence-electron chi connectivity index (χ3n) is 5.04. The van der Waals surface area contributed by atoms with Gasteiger partial charge >= 0.3 is 0 Å². The Morgan fingerprint density at radius 1 is 1.05 bits per heavy atom. The van der Waals surface area contributed by atoms with Crippen LogP contribution >= 0.6 is 0 Å². The largest absolute Gasteiger partial charge is 0.318 e. The first-order valence-electron chi connectivity index (χ1n) is 8.01. The van der Waals surface area contributed by atoms with Crippen LogP contribution in [0.25, 0.3) is 0 Å². The van der Waals surface area contributed by atoms with Crippen LogP contribution in [0.2, 0.25) is 0 Å². The van der Waals surface area contributed by atoms with E-state index in [0.717, 1.165) is 12.8 Å². The van der Waals surface area contributed by atoms with E-state index >= 15 is 0 Å². The van der Waals surface area contributed by atoms with Crippen LogP contribution in [0.15, 0.2) is 48.5 Å². The Balaban J connectivity index is 2.07. The quantitative estimate of drug-likeness (QED) is 0.830. The van der Waals surface area contributed by atoms with Crippen molar-refractivity contribution < 1.29 is 0 Å². The molecule has 1 nitrogen and oxygen atoms in total. The molecule has 0 aromatic heterocycles. The first kappa shape index (κ1) is 14.3. The third kappa shape index (κ3) is 2.40. The highest BCUT2D eigenvalue weighted by atomic mass is 14.8. The van der Waals surface area contributed by atoms with Gasteiger partial charge in [-0.05, 0) is 46.9 Å². The van der Waals surface area contributed by atoms with Crippen molar-refractivity contribution in [2.75, 3.05) is 0 Å². The van der Waals surface area contributed by atoms with E-state index in [4.69, 9.17) is 5.73 Å². The van der Waals surface area contributed by atoms with Gasteiger partial charge in [-0.1, -0.05) is 69.3 Å². The normalized spacial score (nSPS) is 24.9. The molecule has 2 atom stereocenters. The Morgan fingerprint density at radius 2 is 1.71 bits per heavy atom. The van der Waals surface area contributed by atoms with Crippen molar-refractivity contribution in [2.45, 2.75) is 51.0 Å². The van der Waals surface area contributed by atoms with Gasteiger partial charge in [-0.2, -0.15) is 0 Å². The summed E-state index contributed by atoms with van der Waals surface area (Å²) in [6.45, 7) is 6.76. The molecule has 0 saturated carbocycles. The fourth-order valence-corrected chi connectivity index (χ4v) is 3.53. The number of nitrogens with two attached hydrogens (primary N) is 1. The Hall–Kier alpha value is -1.60. The van der Waals surface area contributed by atoms with Crippen LogP contribution < -0.4 is 5.73 Å². The molecule has 1 heteroatoms. The summed E-state index contributed by atoms with van der Waals surface area (Å²) in [5.74, 6) is 1.17. The minimum atomic E-state index is -0.335. The Morgan fingerprint density at radius 3 is 2.38 bits per heavy atom. The number of rotatable bonds is 2. The second-order valence-corrected chi connectivity index (χ2v) is 6.78. The number of hydrogen-bond donors (Lipinski definition) is 1. The Labute approximate surface area is 128 Å². The molecule has 2 aromatic carbocycles. The van der Waals surface area contributed by atoms with Crippen LogP contribution in [-0.4, -0.2) is 0 Å². The van der Waals surface area contributed by atoms with E-state index in [0.29, 0.717) is 11.8 Å². The molecular weight excluding hydrogens is 254 g/mol. The van der Waals surface area contributed by atoms with E-state index in [-0.39, 0.29) is 5.54 Å². The summed E-state index contributed by atoms with van der Waals surface area (Å²) in [4.78, 5) is 0. The molecule has 0 spiro atoms. The molecule has 2 aromatic rings. The van der Waals surface area contributed by atoms with Gasteiger partial charge in [-0.15, -0.1) is 0 Å². The molecule has 3 rings (SSSR count). The van der Waals surface area contributed by atoms with Gasteiger partial charge in [0.05, 0.1) is 5.54 Å². The van der Waals surface area contributed by atoms with Crippen molar-refractivity contribution in [3.63, 3.8) is 0 Å². The van der Waals surface area contributed by atoms with Crippen molar-refractivity contribution in [3.8, 4) is 0 Å². The second kappa shape index (κ2) is 5.31. The van der Waals surface area contributed by atoms with Crippen molar-refractivity contribution >= 4 is 0 Å². The average molecular weight is 279 g/mol. The standard InChI is InChI=1S/C20H25N/c1-14(2)16-8-10-17(11-9-16)20(21)13-12-15(3)18-6-4-5-7-19(18)20/h4-11,14-15H,12-13,21H2,1-3H3. The average Bonchev–Trinajstić information content (AvgIpc) is 2.51. The molecule has 21 heavy (non-hydrogen) atoms. The molecule has 1 aliphatic carbocycles. The SMILES string of the molecule is CC(C)c1ccc(C2(N)CCC(C)c3ccccc32)cc1. The van der Waals surface area contributed by atoms with E-state index in [2.05, 4.69) is 69.3 Å². The van der Waals surface area contributed by atoms with Crippen molar-refractivity contribution in [1.29, 1.82) is 0 Å². The van der Waals surface area contributed by atoms with Crippen LogP contribution in [0.1, 0.15) is 67.7 Å². The molecule has 0 radical (unpaired) electrons. The summed E-state index contributed by atoms with van der Waals surface area (Å²) in [6.07, 6.45) is 2.17. The van der Waals surface area contributed by atoms with Crippen LogP contribution in [0.3, 0.4) is 0 Å². The lowest BCUT2D eigenvalue weighted by Gasteiger charge is -2.39. The molecular formula is C20H25N. The predicted molar refractivity (Wildman–Crippen MR) is 89.6 cm³/mol. The lowest BCUT2D eigenvalue weighted by atomic mass is 9.69. The van der Waals surface area contributed by atoms with Crippen LogP contribution in [0, 0.1) is 0 Å². The van der Waals surface area contributed by atoms with Crippen LogP contribution in [0.5, 0.6) is 0 Å². The first-order valence-corrected chi connectivity index (χ1v) is 8.01. The summed E-state index contributed by atoms with van der Waals surface area (Å²) < 4.78 is 0. The summed E-state index contributed by atoms with van der Waals surface area (Å²) in [5.41, 5.74) is 11.9. The van der Waals surface area contributed by atoms with Gasteiger partial charge in [0.15, 0.2) is 0 Å². The zero-order valence-electron chi connectivity index (χ0n) is 13.3. The molecule has 2 unspecified atom stereocenters. The number of benzene rings is 2. The Bertz CT molecular complexity index is 627. The summed E-state index contributed by atoms with van der Waals surface area (Å²) in [5, 5.41) is 0. The highest BCUT2D eigenvalue weighted by Crippen LogP contribution is 2.43. The molecule has 2 N–H and O–H groups in total. The smallest absolute Gasteiger partial charge is 0.0668 e. The van der Waals surface area contributed by atoms with Gasteiger partial charge in [-0.3, -0.25) is 0 Å². The number of fused-ring (bicyclic) bond motifs is 1. The maximum absolute atomic E-state index is 6.88. The molecule has 1 aliphatic rings. The van der Waals surface area contributed by atoms with Gasteiger partial charge < -0.3 is 5.73 Å². The van der Waals surface area contributed by atoms with Gasteiger partial charge in [-0.25, -0.2) is 0 Å². The van der Waals surface area contributed by atoms with E-state index < -0.39 is 0 Å². The van der Waals surface area contributed by atoms with Gasteiger partial charge in [0.2, 0.25) is 0 Å². The van der Waals surface area contributed by atoms with Crippen LogP contribution in [-0.2, 0) is 5.54 Å². The van der Waals surface area contributed by atoms with Gasteiger partial charge in [0.25, 0.3) is 0 Å². The molecule has 110 valence electrons. The minimum Gasteiger partial charge on any atom is -0.318 e. The van der Waals surface area contributed by atoms with Crippen molar-refractivity contribution in [2.24, 2.45) is 5.73 Å². The Kier molecular flexibility index (Phi) is 3.62. The molecule has 0 saturated heterocycles. The minimum absolute atomic E-state index is 0.335. The molecule has 0 fully saturated rings. The zero-order chi connectivity index (χ0) is 15.0. The lowest BCUT2D eigenvalue weighted by molar-refractivity contribution is 0.412. The third-order valence-corrected chi connectivity index (χ3v) is 5.04. The van der Waals surface area contributed by atoms with Crippen LogP contribution in [0.4, 0.5) is 0 Å². The van der Waals surface area contributed by atoms with E-state index in [9.17, 15) is 0 Å². The lowest BCUT2D eigenvalue weighted by Crippen LogP contribution is -2.41. The molecule has 0 aliphatic heterocycles. The predicted octanol–water partition coefficient (Wildman–Crippen LogP) is 4.91. The second-order valence-electron chi connectivity index (χ2n) is 6.78. The van der Waals surface area contributed by atoms with E-state index in [1.54, 1.807) is 0 Å². The fraction of sp³-hybridized carbons (Fsp3) is 0.400. The van der Waals surface area contributed by atoms with Gasteiger partial charge in [0.1, 0.15) is 0 Å². The highest BCUT2D eigenvalue weighted by molar-refractivity contribution is 5.46. The monoisotopic (exact) mass is 279 g/mol. The molecule has 0 bridgehead atoms. The first-order chi connectivity index (χ1) is 10.0. The summed E-state index contributed by atoms with van der Waals surface area (Å²) in [7, 11) is 0. The van der Waals surface area contributed by atoms with E-state index in [1.807, 2.05) is 0 Å². The number of hydrogen-bond acceptors (Lipinski definition) is 1. The summed E-state index contributed by atoms with van der Waals surface area (Å²) >= 11 is 0. The van der Waals surface area contributed by atoms with Gasteiger partial charge in [0, 0.05) is 0 Å². The maximum Gasteiger partial charge on any atom is 0.0668 e. The van der Waals surface area contributed by atoms with Crippen molar-refractivity contribution in [1.82, 2.24) is 0 Å². The van der Waals surface area contributed by atoms with Crippen molar-refractivity contribution in [3.05, 3.63) is 70.8 Å². The highest BCUT2D eigenvalue weighted by Gasteiger charge is 2.36. The topological polar surface area (TPSA) is 26.0 Å².